The summed E-state index contributed by atoms with van der Waals surface area (Å²) in [5.74, 6) is -0.929. The lowest BCUT2D eigenvalue weighted by Gasteiger charge is -2.10. The fraction of sp³-hybridized carbons (Fsp3) is 0.611. The number of aliphatic carboxylic acids is 1. The van der Waals surface area contributed by atoms with E-state index in [4.69, 9.17) is 28.3 Å². The van der Waals surface area contributed by atoms with Crippen molar-refractivity contribution in [1.82, 2.24) is 0 Å². The molecule has 2 atom stereocenters. The first-order chi connectivity index (χ1) is 11.0. The zero-order chi connectivity index (χ0) is 17.1. The predicted octanol–water partition coefficient (Wildman–Crippen LogP) is 5.06. The van der Waals surface area contributed by atoms with Crippen molar-refractivity contribution in [3.05, 3.63) is 34.9 Å². The number of aliphatic hydroxyl groups excluding tert-OH is 1. The van der Waals surface area contributed by atoms with Gasteiger partial charge in [0.05, 0.1) is 6.10 Å². The minimum atomic E-state index is -0.929. The number of hydrogen-bond acceptors (Lipinski definition) is 2. The molecule has 0 spiro atoms. The van der Waals surface area contributed by atoms with Crippen molar-refractivity contribution in [2.75, 3.05) is 0 Å². The monoisotopic (exact) mass is 360 g/mol. The van der Waals surface area contributed by atoms with Gasteiger partial charge in [0.1, 0.15) is 5.38 Å². The Hall–Kier alpha value is -0.770. The highest BCUT2D eigenvalue weighted by molar-refractivity contribution is 6.30. The Morgan fingerprint density at radius 1 is 0.957 bits per heavy atom. The first kappa shape index (κ1) is 20.3. The van der Waals surface area contributed by atoms with Crippen LogP contribution >= 0.6 is 23.2 Å². The van der Waals surface area contributed by atoms with Gasteiger partial charge in [-0.3, -0.25) is 4.79 Å². The summed E-state index contributed by atoms with van der Waals surface area (Å²) in [6.45, 7) is 0. The first-order valence-electron chi connectivity index (χ1n) is 8.28. The highest BCUT2D eigenvalue weighted by atomic mass is 35.5. The van der Waals surface area contributed by atoms with Gasteiger partial charge >= 0.3 is 5.97 Å². The number of rotatable bonds is 12. The lowest BCUT2D eigenvalue weighted by atomic mass is 10.0. The minimum Gasteiger partial charge on any atom is -0.480 e. The Morgan fingerprint density at radius 2 is 1.48 bits per heavy atom. The van der Waals surface area contributed by atoms with Crippen LogP contribution in [-0.2, 0) is 11.2 Å². The van der Waals surface area contributed by atoms with Gasteiger partial charge in [-0.15, -0.1) is 11.6 Å². The van der Waals surface area contributed by atoms with Crippen molar-refractivity contribution in [2.45, 2.75) is 69.3 Å². The summed E-state index contributed by atoms with van der Waals surface area (Å²) < 4.78 is 0. The topological polar surface area (TPSA) is 57.5 Å². The summed E-state index contributed by atoms with van der Waals surface area (Å²) in [5, 5.41) is 18.6. The number of alkyl halides is 1. The van der Waals surface area contributed by atoms with Crippen LogP contribution in [-0.4, -0.2) is 27.7 Å². The van der Waals surface area contributed by atoms with Gasteiger partial charge in [-0.2, -0.15) is 0 Å². The van der Waals surface area contributed by atoms with Crippen LogP contribution in [0.25, 0.3) is 0 Å². The number of benzene rings is 1. The van der Waals surface area contributed by atoms with E-state index < -0.39 is 11.3 Å². The number of carbonyl (C=O) groups is 1. The normalized spacial score (nSPS) is 13.7. The maximum Gasteiger partial charge on any atom is 0.321 e. The maximum atomic E-state index is 10.6. The zero-order valence-electron chi connectivity index (χ0n) is 13.4. The molecular weight excluding hydrogens is 335 g/mol. The summed E-state index contributed by atoms with van der Waals surface area (Å²) in [6.07, 6.45) is 7.92. The molecule has 0 aliphatic rings. The summed E-state index contributed by atoms with van der Waals surface area (Å²) in [6, 6.07) is 7.60. The van der Waals surface area contributed by atoms with Gasteiger partial charge < -0.3 is 10.2 Å². The summed E-state index contributed by atoms with van der Waals surface area (Å²) in [4.78, 5) is 10.6. The standard InChI is InChI=1S/C18H26Cl2O3/c19-15-11-9-14(10-12-15)13-16(21)7-5-3-1-2-4-6-8-17(20)18(22)23/h9-12,16-17,21H,1-8,13H2,(H,22,23). The molecule has 130 valence electrons. The second kappa shape index (κ2) is 11.7. The highest BCUT2D eigenvalue weighted by Gasteiger charge is 2.12. The highest BCUT2D eigenvalue weighted by Crippen LogP contribution is 2.15. The number of hydrogen-bond donors (Lipinski definition) is 2. The number of unbranched alkanes of at least 4 members (excludes halogenated alkanes) is 5. The van der Waals surface area contributed by atoms with Gasteiger partial charge in [0.15, 0.2) is 0 Å². The van der Waals surface area contributed by atoms with Crippen LogP contribution in [0.5, 0.6) is 0 Å². The Kier molecular flexibility index (Phi) is 10.3. The Bertz CT molecular complexity index is 448. The fourth-order valence-corrected chi connectivity index (χ4v) is 2.81. The molecular formula is C18H26Cl2O3. The van der Waals surface area contributed by atoms with Crippen molar-refractivity contribution >= 4 is 29.2 Å². The molecule has 0 radical (unpaired) electrons. The molecule has 3 nitrogen and oxygen atoms in total. The first-order valence-corrected chi connectivity index (χ1v) is 9.10. The molecule has 0 aliphatic heterocycles. The van der Waals surface area contributed by atoms with Crippen molar-refractivity contribution < 1.29 is 15.0 Å². The van der Waals surface area contributed by atoms with Crippen molar-refractivity contribution in [1.29, 1.82) is 0 Å². The van der Waals surface area contributed by atoms with E-state index in [9.17, 15) is 9.90 Å². The largest absolute Gasteiger partial charge is 0.480 e. The van der Waals surface area contributed by atoms with E-state index in [1.807, 2.05) is 24.3 Å². The molecule has 1 rings (SSSR count). The third-order valence-electron chi connectivity index (χ3n) is 3.90. The molecule has 2 N–H and O–H groups in total. The van der Waals surface area contributed by atoms with Crippen LogP contribution in [0.2, 0.25) is 5.02 Å². The summed E-state index contributed by atoms with van der Waals surface area (Å²) in [5.41, 5.74) is 1.11. The molecule has 0 aliphatic carbocycles. The molecule has 0 amide bonds. The quantitative estimate of drug-likeness (QED) is 0.404. The predicted molar refractivity (Wildman–Crippen MR) is 95.4 cm³/mol. The average molecular weight is 361 g/mol. The van der Waals surface area contributed by atoms with Crippen LogP contribution in [0, 0.1) is 0 Å². The van der Waals surface area contributed by atoms with Gasteiger partial charge in [0.2, 0.25) is 0 Å². The SMILES string of the molecule is O=C(O)C(Cl)CCCCCCCCC(O)Cc1ccc(Cl)cc1. The van der Waals surface area contributed by atoms with Crippen LogP contribution in [0.15, 0.2) is 24.3 Å². The Morgan fingerprint density at radius 3 is 2.04 bits per heavy atom. The van der Waals surface area contributed by atoms with E-state index >= 15 is 0 Å². The lowest BCUT2D eigenvalue weighted by molar-refractivity contribution is -0.136. The minimum absolute atomic E-state index is 0.302. The van der Waals surface area contributed by atoms with Gasteiger partial charge in [0.25, 0.3) is 0 Å². The molecule has 1 aromatic carbocycles. The Balaban J connectivity index is 1.98. The van der Waals surface area contributed by atoms with Crippen LogP contribution in [0.3, 0.4) is 0 Å². The molecule has 0 aromatic heterocycles. The van der Waals surface area contributed by atoms with Gasteiger partial charge in [0, 0.05) is 5.02 Å². The second-order valence-corrected chi connectivity index (χ2v) is 6.95. The van der Waals surface area contributed by atoms with Gasteiger partial charge in [-0.1, -0.05) is 62.3 Å². The second-order valence-electron chi connectivity index (χ2n) is 5.99. The summed E-state index contributed by atoms with van der Waals surface area (Å²) in [7, 11) is 0. The third kappa shape index (κ3) is 9.85. The van der Waals surface area contributed by atoms with Gasteiger partial charge in [-0.05, 0) is 37.0 Å². The molecule has 0 saturated heterocycles. The van der Waals surface area contributed by atoms with Crippen molar-refractivity contribution in [3.8, 4) is 0 Å². The molecule has 1 aromatic rings. The van der Waals surface area contributed by atoms with E-state index in [0.29, 0.717) is 17.9 Å². The molecule has 0 bridgehead atoms. The van der Waals surface area contributed by atoms with Crippen molar-refractivity contribution in [3.63, 3.8) is 0 Å². The molecule has 0 heterocycles. The molecule has 0 saturated carbocycles. The average Bonchev–Trinajstić information content (AvgIpc) is 2.51. The molecule has 0 fully saturated rings. The molecule has 23 heavy (non-hydrogen) atoms. The molecule has 2 unspecified atom stereocenters. The van der Waals surface area contributed by atoms with E-state index in [2.05, 4.69) is 0 Å². The molecule has 5 heteroatoms. The van der Waals surface area contributed by atoms with E-state index in [1.54, 1.807) is 0 Å². The Labute approximate surface area is 148 Å². The lowest BCUT2D eigenvalue weighted by Crippen LogP contribution is -2.12. The third-order valence-corrected chi connectivity index (χ3v) is 4.55. The van der Waals surface area contributed by atoms with E-state index in [0.717, 1.165) is 50.5 Å². The summed E-state index contributed by atoms with van der Waals surface area (Å²) >= 11 is 11.5. The number of halogens is 2. The fourth-order valence-electron chi connectivity index (χ4n) is 2.53. The number of carboxylic acid groups (broad SMARTS) is 1. The van der Waals surface area contributed by atoms with Crippen LogP contribution in [0.4, 0.5) is 0 Å². The van der Waals surface area contributed by atoms with E-state index in [1.165, 1.54) is 0 Å². The number of carboxylic acids is 1. The van der Waals surface area contributed by atoms with Gasteiger partial charge in [-0.25, -0.2) is 0 Å². The maximum absolute atomic E-state index is 10.6. The number of aliphatic hydroxyl groups is 1. The van der Waals surface area contributed by atoms with Crippen molar-refractivity contribution in [2.24, 2.45) is 0 Å². The van der Waals surface area contributed by atoms with Crippen LogP contribution < -0.4 is 0 Å². The smallest absolute Gasteiger partial charge is 0.321 e. The van der Waals surface area contributed by atoms with Crippen LogP contribution in [0.1, 0.15) is 56.9 Å². The zero-order valence-corrected chi connectivity index (χ0v) is 14.9. The van der Waals surface area contributed by atoms with E-state index in [-0.39, 0.29) is 6.10 Å².